The highest BCUT2D eigenvalue weighted by molar-refractivity contribution is 6.04. The fourth-order valence-corrected chi connectivity index (χ4v) is 2.55. The van der Waals surface area contributed by atoms with Crippen molar-refractivity contribution < 1.29 is 29.3 Å². The average Bonchev–Trinajstić information content (AvgIpc) is 2.54. The van der Waals surface area contributed by atoms with E-state index >= 15 is 0 Å². The first-order valence-electron chi connectivity index (χ1n) is 9.13. The summed E-state index contributed by atoms with van der Waals surface area (Å²) in [5.74, 6) is -4.33. The molecular weight excluding hydrogens is 324 g/mol. The minimum absolute atomic E-state index is 0.0325. The Morgan fingerprint density at radius 1 is 0.840 bits per heavy atom. The number of carboxylic acid groups (broad SMARTS) is 2. The summed E-state index contributed by atoms with van der Waals surface area (Å²) in [4.78, 5) is 34.5. The lowest BCUT2D eigenvalue weighted by Gasteiger charge is -2.25. The third kappa shape index (κ3) is 8.70. The van der Waals surface area contributed by atoms with Gasteiger partial charge in [-0.1, -0.05) is 71.3 Å². The topological polar surface area (TPSA) is 101 Å². The van der Waals surface area contributed by atoms with Crippen LogP contribution in [-0.4, -0.2) is 33.7 Å². The van der Waals surface area contributed by atoms with Crippen molar-refractivity contribution in [2.45, 2.75) is 90.1 Å². The van der Waals surface area contributed by atoms with Crippen LogP contribution in [0.25, 0.3) is 0 Å². The molecule has 0 aliphatic carbocycles. The Hall–Kier alpha value is -1.85. The molecule has 0 unspecified atom stereocenters. The summed E-state index contributed by atoms with van der Waals surface area (Å²) in [7, 11) is 0. The third-order valence-corrected chi connectivity index (χ3v) is 4.19. The maximum atomic E-state index is 11.6. The zero-order valence-electron chi connectivity index (χ0n) is 15.5. The van der Waals surface area contributed by atoms with Gasteiger partial charge in [0, 0.05) is 12.0 Å². The van der Waals surface area contributed by atoms with Crippen molar-refractivity contribution >= 4 is 17.9 Å². The molecule has 0 fully saturated rings. The zero-order valence-corrected chi connectivity index (χ0v) is 15.5. The summed E-state index contributed by atoms with van der Waals surface area (Å²) < 4.78 is 4.77. The number of esters is 1. The van der Waals surface area contributed by atoms with Gasteiger partial charge >= 0.3 is 23.5 Å². The Labute approximate surface area is 150 Å². The van der Waals surface area contributed by atoms with Gasteiger partial charge in [-0.2, -0.15) is 0 Å². The average molecular weight is 356 g/mol. The molecule has 0 atom stereocenters. The highest BCUT2D eigenvalue weighted by Crippen LogP contribution is 2.23. The Kier molecular flexibility index (Phi) is 11.6. The van der Waals surface area contributed by atoms with Crippen LogP contribution >= 0.6 is 0 Å². The number of aliphatic carboxylic acids is 2. The summed E-state index contributed by atoms with van der Waals surface area (Å²) in [6, 6.07) is 0. The predicted molar refractivity (Wildman–Crippen MR) is 95.4 cm³/mol. The second-order valence-corrected chi connectivity index (χ2v) is 6.54. The van der Waals surface area contributed by atoms with Crippen molar-refractivity contribution in [2.24, 2.45) is 0 Å². The fourth-order valence-electron chi connectivity index (χ4n) is 2.55. The smallest absolute Gasteiger partial charge is 0.360 e. The van der Waals surface area contributed by atoms with Crippen molar-refractivity contribution in [1.82, 2.24) is 0 Å². The molecule has 6 heteroatoms. The van der Waals surface area contributed by atoms with Crippen LogP contribution in [0.3, 0.4) is 0 Å². The molecule has 0 saturated carbocycles. The molecule has 2 N–H and O–H groups in total. The second kappa shape index (κ2) is 12.5. The van der Waals surface area contributed by atoms with Crippen molar-refractivity contribution in [3.8, 4) is 0 Å². The first kappa shape index (κ1) is 23.1. The van der Waals surface area contributed by atoms with E-state index in [4.69, 9.17) is 4.74 Å². The number of ether oxygens (including phenoxy) is 1. The minimum atomic E-state index is -2.53. The van der Waals surface area contributed by atoms with Crippen molar-refractivity contribution in [2.75, 3.05) is 0 Å². The maximum Gasteiger partial charge on any atom is 0.360 e. The molecule has 0 aromatic rings. The van der Waals surface area contributed by atoms with Gasteiger partial charge in [0.1, 0.15) is 0 Å². The van der Waals surface area contributed by atoms with E-state index in [-0.39, 0.29) is 12.0 Å². The summed E-state index contributed by atoms with van der Waals surface area (Å²) >= 11 is 0. The van der Waals surface area contributed by atoms with Crippen LogP contribution in [0.2, 0.25) is 0 Å². The Balaban J connectivity index is 4.28. The van der Waals surface area contributed by atoms with E-state index in [1.165, 1.54) is 39.0 Å². The van der Waals surface area contributed by atoms with Crippen molar-refractivity contribution in [3.63, 3.8) is 0 Å². The number of rotatable bonds is 15. The molecule has 0 heterocycles. The quantitative estimate of drug-likeness (QED) is 0.196. The Bertz CT molecular complexity index is 441. The standard InChI is InChI=1S/C19H32O6/c1-4-5-6-7-8-9-10-11-12-13-14-19(17(21)22,18(23)24)25-16(20)15(2)3/h2,4-14H2,1,3H3,(H,21,22)(H,23,24). The first-order chi connectivity index (χ1) is 11.8. The monoisotopic (exact) mass is 356 g/mol. The number of hydrogen-bond acceptors (Lipinski definition) is 4. The van der Waals surface area contributed by atoms with Crippen LogP contribution in [-0.2, 0) is 19.1 Å². The van der Waals surface area contributed by atoms with E-state index in [0.717, 1.165) is 19.3 Å². The lowest BCUT2D eigenvalue weighted by Crippen LogP contribution is -2.50. The summed E-state index contributed by atoms with van der Waals surface area (Å²) in [5.41, 5.74) is -2.56. The van der Waals surface area contributed by atoms with Crippen molar-refractivity contribution in [1.29, 1.82) is 0 Å². The second-order valence-electron chi connectivity index (χ2n) is 6.54. The van der Waals surface area contributed by atoms with Crippen LogP contribution < -0.4 is 0 Å². The predicted octanol–water partition coefficient (Wildman–Crippen LogP) is 4.32. The number of carboxylic acids is 2. The maximum absolute atomic E-state index is 11.6. The molecule has 0 radical (unpaired) electrons. The van der Waals surface area contributed by atoms with Crippen LogP contribution in [0.15, 0.2) is 12.2 Å². The lowest BCUT2D eigenvalue weighted by molar-refractivity contribution is -0.189. The molecule has 0 aliphatic heterocycles. The van der Waals surface area contributed by atoms with Crippen LogP contribution in [0.1, 0.15) is 84.5 Å². The molecule has 144 valence electrons. The molecule has 0 aliphatic rings. The van der Waals surface area contributed by atoms with E-state index in [1.54, 1.807) is 0 Å². The van der Waals surface area contributed by atoms with E-state index in [1.807, 2.05) is 0 Å². The van der Waals surface area contributed by atoms with Gasteiger partial charge in [0.05, 0.1) is 0 Å². The lowest BCUT2D eigenvalue weighted by atomic mass is 9.95. The fraction of sp³-hybridized carbons (Fsp3) is 0.737. The first-order valence-corrected chi connectivity index (χ1v) is 9.13. The highest BCUT2D eigenvalue weighted by atomic mass is 16.6. The van der Waals surface area contributed by atoms with Crippen LogP contribution in [0.4, 0.5) is 0 Å². The molecule has 0 amide bonds. The van der Waals surface area contributed by atoms with Gasteiger partial charge in [0.2, 0.25) is 0 Å². The van der Waals surface area contributed by atoms with E-state index < -0.39 is 23.5 Å². The number of carbonyl (C=O) groups excluding carboxylic acids is 1. The molecule has 25 heavy (non-hydrogen) atoms. The van der Waals surface area contributed by atoms with E-state index in [2.05, 4.69) is 13.5 Å². The summed E-state index contributed by atoms with van der Waals surface area (Å²) in [6.45, 7) is 6.88. The van der Waals surface area contributed by atoms with Gasteiger partial charge < -0.3 is 14.9 Å². The highest BCUT2D eigenvalue weighted by Gasteiger charge is 2.50. The number of unbranched alkanes of at least 4 members (excludes halogenated alkanes) is 9. The van der Waals surface area contributed by atoms with Gasteiger partial charge in [-0.15, -0.1) is 0 Å². The normalized spacial score (nSPS) is 11.1. The SMILES string of the molecule is C=C(C)C(=O)OC(CCCCCCCCCCCC)(C(=O)O)C(=O)O. The molecule has 0 saturated heterocycles. The molecule has 0 rings (SSSR count). The molecule has 0 spiro atoms. The van der Waals surface area contributed by atoms with Crippen LogP contribution in [0.5, 0.6) is 0 Å². The minimum Gasteiger partial charge on any atom is -0.478 e. The summed E-state index contributed by atoms with van der Waals surface area (Å²) in [6.07, 6.45) is 10.1. The molecule has 0 aromatic heterocycles. The molecular formula is C19H32O6. The Morgan fingerprint density at radius 2 is 1.24 bits per heavy atom. The van der Waals surface area contributed by atoms with E-state index in [9.17, 15) is 24.6 Å². The van der Waals surface area contributed by atoms with Gasteiger partial charge in [-0.05, 0) is 13.3 Å². The summed E-state index contributed by atoms with van der Waals surface area (Å²) in [5, 5.41) is 18.6. The third-order valence-electron chi connectivity index (χ3n) is 4.19. The van der Waals surface area contributed by atoms with Gasteiger partial charge in [-0.25, -0.2) is 14.4 Å². The zero-order chi connectivity index (χ0) is 19.3. The molecule has 6 nitrogen and oxygen atoms in total. The molecule has 0 aromatic carbocycles. The largest absolute Gasteiger partial charge is 0.478 e. The van der Waals surface area contributed by atoms with Crippen LogP contribution in [0, 0.1) is 0 Å². The number of hydrogen-bond donors (Lipinski definition) is 2. The van der Waals surface area contributed by atoms with Crippen molar-refractivity contribution in [3.05, 3.63) is 12.2 Å². The van der Waals surface area contributed by atoms with Gasteiger partial charge in [-0.3, -0.25) is 0 Å². The molecule has 0 bridgehead atoms. The van der Waals surface area contributed by atoms with Gasteiger partial charge in [0.15, 0.2) is 0 Å². The number of carbonyl (C=O) groups is 3. The van der Waals surface area contributed by atoms with Gasteiger partial charge in [0.25, 0.3) is 0 Å². The Morgan fingerprint density at radius 3 is 1.60 bits per heavy atom. The van der Waals surface area contributed by atoms with E-state index in [0.29, 0.717) is 12.8 Å².